The van der Waals surface area contributed by atoms with Crippen molar-refractivity contribution >= 4 is 15.7 Å². The average Bonchev–Trinajstić information content (AvgIpc) is 2.48. The lowest BCUT2D eigenvalue weighted by Crippen LogP contribution is -2.25. The number of nitrogens with two attached hydrogens (primary N) is 1. The largest absolute Gasteiger partial charge is 0.398 e. The Bertz CT molecular complexity index is 780. The molecule has 0 atom stereocenters. The van der Waals surface area contributed by atoms with Gasteiger partial charge in [0, 0.05) is 12.2 Å². The molecule has 0 fully saturated rings. The lowest BCUT2D eigenvalue weighted by atomic mass is 10.1. The van der Waals surface area contributed by atoms with Crippen LogP contribution in [0.3, 0.4) is 0 Å². The fourth-order valence-electron chi connectivity index (χ4n) is 1.87. The van der Waals surface area contributed by atoms with Crippen molar-refractivity contribution in [3.8, 4) is 6.07 Å². The predicted molar refractivity (Wildman–Crippen MR) is 81.5 cm³/mol. The summed E-state index contributed by atoms with van der Waals surface area (Å²) in [7, 11) is -3.49. The number of nitriles is 1. The first kappa shape index (κ1) is 15.0. The van der Waals surface area contributed by atoms with Gasteiger partial charge in [0.15, 0.2) is 0 Å². The zero-order valence-corrected chi connectivity index (χ0v) is 12.1. The highest BCUT2D eigenvalue weighted by Gasteiger charge is 2.13. The molecule has 0 radical (unpaired) electrons. The van der Waals surface area contributed by atoms with Crippen LogP contribution in [0.4, 0.5) is 5.69 Å². The Balaban J connectivity index is 2.05. The van der Waals surface area contributed by atoms with E-state index in [1.807, 2.05) is 6.07 Å². The van der Waals surface area contributed by atoms with Gasteiger partial charge in [0.2, 0.25) is 10.0 Å². The number of hydrogen-bond acceptors (Lipinski definition) is 4. The average molecular weight is 301 g/mol. The number of nitrogens with zero attached hydrogens (tertiary/aromatic N) is 1. The molecular weight excluding hydrogens is 286 g/mol. The van der Waals surface area contributed by atoms with E-state index in [1.165, 1.54) is 0 Å². The first-order chi connectivity index (χ1) is 10.00. The number of nitrogens with one attached hydrogen (secondary N) is 1. The summed E-state index contributed by atoms with van der Waals surface area (Å²) >= 11 is 0. The third kappa shape index (κ3) is 4.31. The Hall–Kier alpha value is -2.36. The predicted octanol–water partition coefficient (Wildman–Crippen LogP) is 1.76. The number of hydrogen-bond donors (Lipinski definition) is 2. The van der Waals surface area contributed by atoms with Crippen LogP contribution >= 0.6 is 0 Å². The molecule has 0 spiro atoms. The summed E-state index contributed by atoms with van der Waals surface area (Å²) in [6.45, 7) is 0.143. The molecule has 0 amide bonds. The van der Waals surface area contributed by atoms with Crippen molar-refractivity contribution in [3.05, 3.63) is 65.2 Å². The Morgan fingerprint density at radius 1 is 1.14 bits per heavy atom. The highest BCUT2D eigenvalue weighted by atomic mass is 32.2. The van der Waals surface area contributed by atoms with E-state index >= 15 is 0 Å². The summed E-state index contributed by atoms with van der Waals surface area (Å²) in [6, 6.07) is 15.7. The van der Waals surface area contributed by atoms with Gasteiger partial charge in [-0.1, -0.05) is 30.3 Å². The highest BCUT2D eigenvalue weighted by molar-refractivity contribution is 7.88. The van der Waals surface area contributed by atoms with E-state index in [4.69, 9.17) is 11.0 Å². The lowest BCUT2D eigenvalue weighted by molar-refractivity contribution is 0.580. The van der Waals surface area contributed by atoms with Crippen molar-refractivity contribution in [2.45, 2.75) is 12.3 Å². The zero-order chi connectivity index (χ0) is 15.3. The van der Waals surface area contributed by atoms with E-state index in [9.17, 15) is 8.42 Å². The van der Waals surface area contributed by atoms with Gasteiger partial charge in [-0.3, -0.25) is 0 Å². The number of benzene rings is 2. The second-order valence-electron chi connectivity index (χ2n) is 4.59. The van der Waals surface area contributed by atoms with Gasteiger partial charge in [0.05, 0.1) is 17.4 Å². The first-order valence-corrected chi connectivity index (χ1v) is 7.95. The molecule has 0 bridgehead atoms. The molecule has 0 saturated heterocycles. The van der Waals surface area contributed by atoms with E-state index in [2.05, 4.69) is 4.72 Å². The molecule has 0 aliphatic rings. The van der Waals surface area contributed by atoms with Crippen molar-refractivity contribution in [2.75, 3.05) is 5.73 Å². The van der Waals surface area contributed by atoms with Crippen LogP contribution in [0.2, 0.25) is 0 Å². The normalized spacial score (nSPS) is 11.0. The molecule has 2 rings (SSSR count). The van der Waals surface area contributed by atoms with Crippen LogP contribution in [0.25, 0.3) is 0 Å². The zero-order valence-electron chi connectivity index (χ0n) is 11.3. The minimum atomic E-state index is -3.49. The lowest BCUT2D eigenvalue weighted by Gasteiger charge is -2.09. The van der Waals surface area contributed by atoms with Gasteiger partial charge in [-0.05, 0) is 29.3 Å². The third-order valence-electron chi connectivity index (χ3n) is 2.95. The van der Waals surface area contributed by atoms with Crippen LogP contribution in [0.15, 0.2) is 48.5 Å². The number of anilines is 1. The monoisotopic (exact) mass is 301 g/mol. The SMILES string of the molecule is N#Cc1cccc(CNS(=O)(=O)Cc2ccccc2N)c1. The Kier molecular flexibility index (Phi) is 4.58. The van der Waals surface area contributed by atoms with Crippen LogP contribution in [0.5, 0.6) is 0 Å². The molecule has 3 N–H and O–H groups in total. The maximum atomic E-state index is 12.0. The van der Waals surface area contributed by atoms with Crippen LogP contribution in [-0.4, -0.2) is 8.42 Å². The number of nitrogen functional groups attached to an aromatic ring is 1. The summed E-state index contributed by atoms with van der Waals surface area (Å²) in [5, 5.41) is 8.81. The Morgan fingerprint density at radius 3 is 2.62 bits per heavy atom. The second-order valence-corrected chi connectivity index (χ2v) is 6.40. The quantitative estimate of drug-likeness (QED) is 0.822. The van der Waals surface area contributed by atoms with Crippen molar-refractivity contribution in [2.24, 2.45) is 0 Å². The fraction of sp³-hybridized carbons (Fsp3) is 0.133. The molecule has 2 aromatic rings. The summed E-state index contributed by atoms with van der Waals surface area (Å²) in [5.74, 6) is -0.169. The molecule has 2 aromatic carbocycles. The molecule has 0 aromatic heterocycles. The van der Waals surface area contributed by atoms with Gasteiger partial charge >= 0.3 is 0 Å². The van der Waals surface area contributed by atoms with Crippen molar-refractivity contribution in [3.63, 3.8) is 0 Å². The van der Waals surface area contributed by atoms with E-state index < -0.39 is 10.0 Å². The van der Waals surface area contributed by atoms with Gasteiger partial charge in [-0.2, -0.15) is 5.26 Å². The van der Waals surface area contributed by atoms with Crippen molar-refractivity contribution < 1.29 is 8.42 Å². The van der Waals surface area contributed by atoms with E-state index in [0.29, 0.717) is 16.8 Å². The van der Waals surface area contributed by atoms with Crippen LogP contribution < -0.4 is 10.5 Å². The van der Waals surface area contributed by atoms with Crippen LogP contribution in [0.1, 0.15) is 16.7 Å². The van der Waals surface area contributed by atoms with Crippen LogP contribution in [-0.2, 0) is 22.3 Å². The molecule has 108 valence electrons. The Labute approximate surface area is 124 Å². The number of para-hydroxylation sites is 1. The highest BCUT2D eigenvalue weighted by Crippen LogP contribution is 2.14. The van der Waals surface area contributed by atoms with E-state index in [1.54, 1.807) is 48.5 Å². The van der Waals surface area contributed by atoms with Gasteiger partial charge in [-0.15, -0.1) is 0 Å². The molecule has 0 saturated carbocycles. The molecule has 21 heavy (non-hydrogen) atoms. The minimum absolute atomic E-state index is 0.143. The summed E-state index contributed by atoms with van der Waals surface area (Å²) < 4.78 is 26.6. The summed E-state index contributed by atoms with van der Waals surface area (Å²) in [4.78, 5) is 0. The molecule has 0 aliphatic carbocycles. The molecule has 6 heteroatoms. The molecule has 0 heterocycles. The van der Waals surface area contributed by atoms with Crippen LogP contribution in [0, 0.1) is 11.3 Å². The molecule has 0 unspecified atom stereocenters. The van der Waals surface area contributed by atoms with E-state index in [-0.39, 0.29) is 12.3 Å². The maximum absolute atomic E-state index is 12.0. The molecule has 0 aliphatic heterocycles. The van der Waals surface area contributed by atoms with Gasteiger partial charge in [0.1, 0.15) is 0 Å². The third-order valence-corrected chi connectivity index (χ3v) is 4.23. The van der Waals surface area contributed by atoms with Crippen molar-refractivity contribution in [1.29, 1.82) is 5.26 Å². The second kappa shape index (κ2) is 6.39. The van der Waals surface area contributed by atoms with Gasteiger partial charge in [-0.25, -0.2) is 13.1 Å². The number of rotatable bonds is 5. The Morgan fingerprint density at radius 2 is 1.90 bits per heavy atom. The van der Waals surface area contributed by atoms with E-state index in [0.717, 1.165) is 5.56 Å². The standard InChI is InChI=1S/C15H15N3O2S/c16-9-12-4-3-5-13(8-12)10-18-21(19,20)11-14-6-1-2-7-15(14)17/h1-8,18H,10-11,17H2. The maximum Gasteiger partial charge on any atom is 0.216 e. The summed E-state index contributed by atoms with van der Waals surface area (Å²) in [6.07, 6.45) is 0. The number of sulfonamides is 1. The molecular formula is C15H15N3O2S. The van der Waals surface area contributed by atoms with Gasteiger partial charge < -0.3 is 5.73 Å². The van der Waals surface area contributed by atoms with Gasteiger partial charge in [0.25, 0.3) is 0 Å². The van der Waals surface area contributed by atoms with Crippen molar-refractivity contribution in [1.82, 2.24) is 4.72 Å². The smallest absolute Gasteiger partial charge is 0.216 e. The fourth-order valence-corrected chi connectivity index (χ4v) is 3.03. The first-order valence-electron chi connectivity index (χ1n) is 6.30. The minimum Gasteiger partial charge on any atom is -0.398 e. The summed E-state index contributed by atoms with van der Waals surface area (Å²) in [5.41, 5.74) is 8.00. The molecule has 5 nitrogen and oxygen atoms in total. The topological polar surface area (TPSA) is 96.0 Å².